The van der Waals surface area contributed by atoms with Gasteiger partial charge in [-0.05, 0) is 52.1 Å². The number of hydrogen-bond donors (Lipinski definition) is 0. The van der Waals surface area contributed by atoms with Crippen LogP contribution in [0.3, 0.4) is 0 Å². The summed E-state index contributed by atoms with van der Waals surface area (Å²) in [6.07, 6.45) is 4.07. The number of halogens is 1. The van der Waals surface area contributed by atoms with Crippen molar-refractivity contribution in [2.45, 2.75) is 51.7 Å². The molecule has 0 saturated carbocycles. The van der Waals surface area contributed by atoms with Crippen LogP contribution in [0.5, 0.6) is 0 Å². The molecule has 0 bridgehead atoms. The lowest BCUT2D eigenvalue weighted by Gasteiger charge is -2.32. The average molecular weight is 310 g/mol. The fourth-order valence-corrected chi connectivity index (χ4v) is 2.81. The van der Waals surface area contributed by atoms with E-state index in [9.17, 15) is 0 Å². The molecule has 2 fully saturated rings. The van der Waals surface area contributed by atoms with E-state index in [0.29, 0.717) is 0 Å². The first-order valence-electron chi connectivity index (χ1n) is 7.43. The maximum absolute atomic E-state index is 6.12. The maximum Gasteiger partial charge on any atom is 0.500 e. The second-order valence-electron chi connectivity index (χ2n) is 6.70. The predicted octanol–water partition coefficient (Wildman–Crippen LogP) is 2.03. The first-order valence-corrected chi connectivity index (χ1v) is 7.81. The smallest absolute Gasteiger partial charge is 0.399 e. The van der Waals surface area contributed by atoms with Crippen molar-refractivity contribution >= 4 is 30.0 Å². The highest BCUT2D eigenvalue weighted by molar-refractivity contribution is 6.63. The molecule has 2 aliphatic heterocycles. The van der Waals surface area contributed by atoms with E-state index in [1.807, 2.05) is 27.7 Å². The van der Waals surface area contributed by atoms with Crippen LogP contribution in [0, 0.1) is 0 Å². The second kappa shape index (κ2) is 5.11. The third kappa shape index (κ3) is 2.65. The lowest BCUT2D eigenvalue weighted by Crippen LogP contribution is -2.41. The molecule has 7 heteroatoms. The summed E-state index contributed by atoms with van der Waals surface area (Å²) in [6, 6.07) is 0. The minimum Gasteiger partial charge on any atom is -0.399 e. The minimum atomic E-state index is -0.456. The number of hydrogen-bond acceptors (Lipinski definition) is 5. The third-order valence-electron chi connectivity index (χ3n) is 4.68. The van der Waals surface area contributed by atoms with Gasteiger partial charge in [-0.2, -0.15) is 0 Å². The van der Waals surface area contributed by atoms with Crippen LogP contribution in [0.2, 0.25) is 5.28 Å². The number of nitrogens with zero attached hydrogens (tertiary/aromatic N) is 3. The SMILES string of the molecule is CC1(C)OB(c2cnc(Cl)nc2N2CCCC2)OC1(C)C. The predicted molar refractivity (Wildman–Crippen MR) is 84.2 cm³/mol. The van der Waals surface area contributed by atoms with Crippen LogP contribution >= 0.6 is 11.6 Å². The lowest BCUT2D eigenvalue weighted by molar-refractivity contribution is 0.00578. The Labute approximate surface area is 131 Å². The largest absolute Gasteiger partial charge is 0.500 e. The molecule has 114 valence electrons. The van der Waals surface area contributed by atoms with E-state index in [-0.39, 0.29) is 16.5 Å². The van der Waals surface area contributed by atoms with Crippen molar-refractivity contribution in [2.75, 3.05) is 18.0 Å². The molecular formula is C14H21BClN3O2. The van der Waals surface area contributed by atoms with Crippen molar-refractivity contribution in [1.29, 1.82) is 0 Å². The van der Waals surface area contributed by atoms with Gasteiger partial charge in [0.05, 0.1) is 11.2 Å². The molecule has 0 spiro atoms. The summed E-state index contributed by atoms with van der Waals surface area (Å²) in [5, 5.41) is 0.261. The van der Waals surface area contributed by atoms with E-state index in [1.165, 1.54) is 12.8 Å². The fraction of sp³-hybridized carbons (Fsp3) is 0.714. The average Bonchev–Trinajstić information content (AvgIpc) is 2.96. The summed E-state index contributed by atoms with van der Waals surface area (Å²) in [7, 11) is -0.456. The van der Waals surface area contributed by atoms with Gasteiger partial charge in [0, 0.05) is 24.7 Å². The summed E-state index contributed by atoms with van der Waals surface area (Å²) < 4.78 is 12.2. The Morgan fingerprint density at radius 3 is 2.29 bits per heavy atom. The molecule has 1 aromatic heterocycles. The van der Waals surface area contributed by atoms with E-state index in [2.05, 4.69) is 14.9 Å². The molecule has 3 heterocycles. The van der Waals surface area contributed by atoms with Crippen molar-refractivity contribution in [2.24, 2.45) is 0 Å². The van der Waals surface area contributed by atoms with Crippen LogP contribution in [0.1, 0.15) is 40.5 Å². The van der Waals surface area contributed by atoms with Crippen molar-refractivity contribution in [1.82, 2.24) is 9.97 Å². The van der Waals surface area contributed by atoms with Crippen molar-refractivity contribution < 1.29 is 9.31 Å². The number of rotatable bonds is 2. The number of aromatic nitrogens is 2. The topological polar surface area (TPSA) is 47.5 Å². The van der Waals surface area contributed by atoms with Gasteiger partial charge in [0.2, 0.25) is 5.28 Å². The Morgan fingerprint density at radius 1 is 1.14 bits per heavy atom. The molecule has 0 amide bonds. The van der Waals surface area contributed by atoms with E-state index in [4.69, 9.17) is 20.9 Å². The van der Waals surface area contributed by atoms with Gasteiger partial charge in [-0.1, -0.05) is 0 Å². The van der Waals surface area contributed by atoms with E-state index >= 15 is 0 Å². The molecule has 3 rings (SSSR count). The van der Waals surface area contributed by atoms with Crippen molar-refractivity contribution in [3.8, 4) is 0 Å². The zero-order chi connectivity index (χ0) is 15.3. The Balaban J connectivity index is 1.96. The first kappa shape index (κ1) is 15.1. The molecule has 2 saturated heterocycles. The highest BCUT2D eigenvalue weighted by Crippen LogP contribution is 2.37. The summed E-state index contributed by atoms with van der Waals surface area (Å²) >= 11 is 5.98. The molecule has 1 aromatic rings. The maximum atomic E-state index is 6.12. The minimum absolute atomic E-state index is 0.261. The Hall–Kier alpha value is -0.845. The van der Waals surface area contributed by atoms with Gasteiger partial charge in [-0.3, -0.25) is 0 Å². The van der Waals surface area contributed by atoms with Gasteiger partial charge < -0.3 is 14.2 Å². The van der Waals surface area contributed by atoms with Crippen molar-refractivity contribution in [3.05, 3.63) is 11.5 Å². The molecular weight excluding hydrogens is 288 g/mol. The fourth-order valence-electron chi connectivity index (χ4n) is 2.68. The monoisotopic (exact) mass is 309 g/mol. The van der Waals surface area contributed by atoms with Gasteiger partial charge in [0.1, 0.15) is 5.82 Å². The molecule has 0 unspecified atom stereocenters. The first-order chi connectivity index (χ1) is 9.80. The third-order valence-corrected chi connectivity index (χ3v) is 4.86. The molecule has 0 aromatic carbocycles. The molecule has 0 radical (unpaired) electrons. The summed E-state index contributed by atoms with van der Waals surface area (Å²) in [5.41, 5.74) is 0.110. The second-order valence-corrected chi connectivity index (χ2v) is 7.04. The zero-order valence-electron chi connectivity index (χ0n) is 13.0. The summed E-state index contributed by atoms with van der Waals surface area (Å²) in [4.78, 5) is 10.8. The molecule has 0 aliphatic carbocycles. The van der Waals surface area contributed by atoms with Gasteiger partial charge in [-0.15, -0.1) is 0 Å². The highest BCUT2D eigenvalue weighted by Gasteiger charge is 2.53. The van der Waals surface area contributed by atoms with Crippen LogP contribution in [-0.4, -0.2) is 41.4 Å². The Kier molecular flexibility index (Phi) is 3.67. The lowest BCUT2D eigenvalue weighted by atomic mass is 9.80. The zero-order valence-corrected chi connectivity index (χ0v) is 13.8. The van der Waals surface area contributed by atoms with Gasteiger partial charge in [-0.25, -0.2) is 9.97 Å². The summed E-state index contributed by atoms with van der Waals surface area (Å²) in [6.45, 7) is 10.1. The molecule has 0 N–H and O–H groups in total. The molecule has 2 aliphatic rings. The van der Waals surface area contributed by atoms with Crippen molar-refractivity contribution in [3.63, 3.8) is 0 Å². The summed E-state index contributed by atoms with van der Waals surface area (Å²) in [5.74, 6) is 0.839. The van der Waals surface area contributed by atoms with E-state index in [0.717, 1.165) is 24.4 Å². The van der Waals surface area contributed by atoms with Gasteiger partial charge in [0.25, 0.3) is 0 Å². The quantitative estimate of drug-likeness (QED) is 0.618. The van der Waals surface area contributed by atoms with Gasteiger partial charge >= 0.3 is 7.12 Å². The van der Waals surface area contributed by atoms with Crippen LogP contribution in [-0.2, 0) is 9.31 Å². The van der Waals surface area contributed by atoms with Crippen LogP contribution in [0.15, 0.2) is 6.20 Å². The molecule has 0 atom stereocenters. The molecule has 5 nitrogen and oxygen atoms in total. The highest BCUT2D eigenvalue weighted by atomic mass is 35.5. The number of anilines is 1. The van der Waals surface area contributed by atoms with Crippen LogP contribution in [0.4, 0.5) is 5.82 Å². The van der Waals surface area contributed by atoms with E-state index in [1.54, 1.807) is 6.20 Å². The Bertz CT molecular complexity index is 531. The molecule has 21 heavy (non-hydrogen) atoms. The van der Waals surface area contributed by atoms with Crippen LogP contribution < -0.4 is 10.4 Å². The van der Waals surface area contributed by atoms with Gasteiger partial charge in [0.15, 0.2) is 0 Å². The van der Waals surface area contributed by atoms with E-state index < -0.39 is 7.12 Å². The Morgan fingerprint density at radius 2 is 1.71 bits per heavy atom. The standard InChI is InChI=1S/C14H21BClN3O2/c1-13(2)14(3,4)21-15(20-13)10-9-17-12(16)18-11(10)19-7-5-6-8-19/h9H,5-8H2,1-4H3. The van der Waals surface area contributed by atoms with Crippen LogP contribution in [0.25, 0.3) is 0 Å². The normalized spacial score (nSPS) is 23.9.